The van der Waals surface area contributed by atoms with E-state index < -0.39 is 0 Å². The number of carbonyl (C=O) groups excluding carboxylic acids is 1. The van der Waals surface area contributed by atoms with Crippen molar-refractivity contribution >= 4 is 29.1 Å². The minimum Gasteiger partial charge on any atom is -0.482 e. The second kappa shape index (κ2) is 8.75. The van der Waals surface area contributed by atoms with E-state index in [1.54, 1.807) is 36.4 Å². The third-order valence-corrected chi connectivity index (χ3v) is 4.36. The Morgan fingerprint density at radius 3 is 2.81 bits per heavy atom. The summed E-state index contributed by atoms with van der Waals surface area (Å²) in [4.78, 5) is 23.8. The molecule has 1 amide bonds. The van der Waals surface area contributed by atoms with Crippen LogP contribution in [0.1, 0.15) is 0 Å². The van der Waals surface area contributed by atoms with E-state index in [0.717, 1.165) is 0 Å². The van der Waals surface area contributed by atoms with E-state index in [1.807, 2.05) is 0 Å². The van der Waals surface area contributed by atoms with Gasteiger partial charge in [0.15, 0.2) is 12.4 Å². The molecule has 0 fully saturated rings. The molecule has 140 valence electrons. The van der Waals surface area contributed by atoms with Crippen molar-refractivity contribution in [1.82, 2.24) is 15.1 Å². The lowest BCUT2D eigenvalue weighted by atomic mass is 10.3. The van der Waals surface area contributed by atoms with Crippen LogP contribution in [0.3, 0.4) is 0 Å². The first-order valence-electron chi connectivity index (χ1n) is 8.00. The number of hydrogen-bond donors (Lipinski definition) is 1. The van der Waals surface area contributed by atoms with Gasteiger partial charge in [0.05, 0.1) is 17.8 Å². The monoisotopic (exact) mass is 407 g/mol. The summed E-state index contributed by atoms with van der Waals surface area (Å²) in [5, 5.41) is 7.47. The van der Waals surface area contributed by atoms with Gasteiger partial charge in [-0.1, -0.05) is 29.3 Å². The van der Waals surface area contributed by atoms with Crippen molar-refractivity contribution in [2.75, 3.05) is 13.2 Å². The fourth-order valence-corrected chi connectivity index (χ4v) is 2.60. The van der Waals surface area contributed by atoms with Crippen LogP contribution in [-0.4, -0.2) is 28.8 Å². The molecular formula is C18H15Cl2N3O4. The second-order valence-electron chi connectivity index (χ2n) is 5.45. The van der Waals surface area contributed by atoms with Gasteiger partial charge in [-0.25, -0.2) is 4.68 Å². The number of halogens is 2. The Bertz CT molecular complexity index is 987. The average Bonchev–Trinajstić information content (AvgIpc) is 3.19. The summed E-state index contributed by atoms with van der Waals surface area (Å²) in [7, 11) is 0. The lowest BCUT2D eigenvalue weighted by molar-refractivity contribution is -0.123. The first-order chi connectivity index (χ1) is 13.0. The van der Waals surface area contributed by atoms with Crippen molar-refractivity contribution in [3.63, 3.8) is 0 Å². The molecule has 3 rings (SSSR count). The van der Waals surface area contributed by atoms with Crippen LogP contribution in [0, 0.1) is 0 Å². The molecule has 9 heteroatoms. The molecule has 27 heavy (non-hydrogen) atoms. The molecule has 2 aromatic heterocycles. The Hall–Kier alpha value is -2.77. The minimum atomic E-state index is -0.360. The number of furan rings is 1. The third kappa shape index (κ3) is 4.90. The van der Waals surface area contributed by atoms with Gasteiger partial charge in [0.25, 0.3) is 11.5 Å². The predicted octanol–water partition coefficient (Wildman–Crippen LogP) is 3.01. The van der Waals surface area contributed by atoms with Gasteiger partial charge in [0, 0.05) is 12.6 Å². The fraction of sp³-hybridized carbons (Fsp3) is 0.167. The summed E-state index contributed by atoms with van der Waals surface area (Å²) < 4.78 is 11.9. The topological polar surface area (TPSA) is 86.4 Å². The van der Waals surface area contributed by atoms with Crippen LogP contribution in [0.2, 0.25) is 10.0 Å². The van der Waals surface area contributed by atoms with E-state index in [1.165, 1.54) is 17.0 Å². The third-order valence-electron chi connectivity index (χ3n) is 3.56. The van der Waals surface area contributed by atoms with E-state index in [2.05, 4.69) is 10.4 Å². The molecule has 0 saturated heterocycles. The number of amides is 1. The minimum absolute atomic E-state index is 0.205. The highest BCUT2D eigenvalue weighted by Gasteiger charge is 2.09. The number of nitrogens with zero attached hydrogens (tertiary/aromatic N) is 2. The number of aromatic nitrogens is 2. The van der Waals surface area contributed by atoms with Gasteiger partial charge in [0.2, 0.25) is 0 Å². The molecular weight excluding hydrogens is 393 g/mol. The summed E-state index contributed by atoms with van der Waals surface area (Å²) in [5.74, 6) is 0.518. The molecule has 1 aromatic carbocycles. The standard InChI is InChI=1S/C18H15Cl2N3O4/c19-12-3-1-4-15(18(12)20)27-11-16(24)21-8-9-23-17(25)7-6-13(22-23)14-5-2-10-26-14/h1-7,10H,8-9,11H2,(H,21,24). The SMILES string of the molecule is O=C(COc1cccc(Cl)c1Cl)NCCn1nc(-c2ccco2)ccc1=O. The smallest absolute Gasteiger partial charge is 0.266 e. The lowest BCUT2D eigenvalue weighted by Gasteiger charge is -2.10. The largest absolute Gasteiger partial charge is 0.482 e. The summed E-state index contributed by atoms with van der Waals surface area (Å²) >= 11 is 11.9. The van der Waals surface area contributed by atoms with E-state index >= 15 is 0 Å². The zero-order valence-corrected chi connectivity index (χ0v) is 15.5. The maximum absolute atomic E-state index is 11.9. The van der Waals surface area contributed by atoms with Crippen LogP contribution in [0.15, 0.2) is 57.9 Å². The molecule has 7 nitrogen and oxygen atoms in total. The van der Waals surface area contributed by atoms with Gasteiger partial charge in [-0.05, 0) is 30.3 Å². The van der Waals surface area contributed by atoms with E-state index in [4.69, 9.17) is 32.4 Å². The van der Waals surface area contributed by atoms with Crippen LogP contribution in [-0.2, 0) is 11.3 Å². The van der Waals surface area contributed by atoms with E-state index in [-0.39, 0.29) is 36.2 Å². The number of ether oxygens (including phenoxy) is 1. The van der Waals surface area contributed by atoms with Crippen molar-refractivity contribution in [3.05, 3.63) is 69.1 Å². The molecule has 0 radical (unpaired) electrons. The van der Waals surface area contributed by atoms with Crippen molar-refractivity contribution in [1.29, 1.82) is 0 Å². The van der Waals surface area contributed by atoms with Crippen molar-refractivity contribution in [2.45, 2.75) is 6.54 Å². The fourth-order valence-electron chi connectivity index (χ4n) is 2.26. The Morgan fingerprint density at radius 2 is 2.04 bits per heavy atom. The second-order valence-corrected chi connectivity index (χ2v) is 6.23. The quantitative estimate of drug-likeness (QED) is 0.650. The van der Waals surface area contributed by atoms with Crippen molar-refractivity contribution in [3.8, 4) is 17.2 Å². The Balaban J connectivity index is 1.52. The summed E-state index contributed by atoms with van der Waals surface area (Å²) in [5.41, 5.74) is 0.256. The molecule has 1 N–H and O–H groups in total. The molecule has 0 spiro atoms. The van der Waals surface area contributed by atoms with Crippen molar-refractivity contribution < 1.29 is 13.9 Å². The van der Waals surface area contributed by atoms with Gasteiger partial charge in [-0.2, -0.15) is 5.10 Å². The average molecular weight is 408 g/mol. The number of nitrogens with one attached hydrogen (secondary N) is 1. The van der Waals surface area contributed by atoms with Crippen LogP contribution in [0.4, 0.5) is 0 Å². The zero-order valence-electron chi connectivity index (χ0n) is 14.0. The molecule has 0 bridgehead atoms. The first kappa shape index (κ1) is 19.0. The number of rotatable bonds is 7. The van der Waals surface area contributed by atoms with Crippen LogP contribution < -0.4 is 15.6 Å². The van der Waals surface area contributed by atoms with Gasteiger partial charge < -0.3 is 14.5 Å². The summed E-state index contributed by atoms with van der Waals surface area (Å²) in [6, 6.07) is 11.4. The molecule has 0 aliphatic heterocycles. The Kier molecular flexibility index (Phi) is 6.16. The van der Waals surface area contributed by atoms with Crippen LogP contribution in [0.5, 0.6) is 5.75 Å². The molecule has 0 saturated carbocycles. The number of carbonyl (C=O) groups is 1. The highest BCUT2D eigenvalue weighted by molar-refractivity contribution is 6.42. The van der Waals surface area contributed by atoms with E-state index in [0.29, 0.717) is 22.2 Å². The van der Waals surface area contributed by atoms with Gasteiger partial charge in [-0.15, -0.1) is 0 Å². The van der Waals surface area contributed by atoms with E-state index in [9.17, 15) is 9.59 Å². The number of hydrogen-bond acceptors (Lipinski definition) is 5. The summed E-state index contributed by atoms with van der Waals surface area (Å²) in [6.45, 7) is 0.186. The normalized spacial score (nSPS) is 10.6. The van der Waals surface area contributed by atoms with Gasteiger partial charge in [0.1, 0.15) is 16.5 Å². The lowest BCUT2D eigenvalue weighted by Crippen LogP contribution is -2.34. The first-order valence-corrected chi connectivity index (χ1v) is 8.76. The maximum atomic E-state index is 11.9. The maximum Gasteiger partial charge on any atom is 0.266 e. The van der Waals surface area contributed by atoms with Crippen molar-refractivity contribution in [2.24, 2.45) is 0 Å². The highest BCUT2D eigenvalue weighted by atomic mass is 35.5. The highest BCUT2D eigenvalue weighted by Crippen LogP contribution is 2.31. The predicted molar refractivity (Wildman–Crippen MR) is 101 cm³/mol. The molecule has 3 aromatic rings. The Morgan fingerprint density at radius 1 is 1.19 bits per heavy atom. The molecule has 0 unspecified atom stereocenters. The summed E-state index contributed by atoms with van der Waals surface area (Å²) in [6.07, 6.45) is 1.53. The molecule has 0 atom stereocenters. The van der Waals surface area contributed by atoms with Crippen LogP contribution >= 0.6 is 23.2 Å². The van der Waals surface area contributed by atoms with Gasteiger partial charge in [-0.3, -0.25) is 9.59 Å². The van der Waals surface area contributed by atoms with Gasteiger partial charge >= 0.3 is 0 Å². The molecule has 0 aliphatic carbocycles. The molecule has 0 aliphatic rings. The molecule has 2 heterocycles. The Labute approximate surface area is 164 Å². The number of benzene rings is 1. The zero-order chi connectivity index (χ0) is 19.2. The van der Waals surface area contributed by atoms with Crippen LogP contribution in [0.25, 0.3) is 11.5 Å².